The van der Waals surface area contributed by atoms with E-state index in [0.717, 1.165) is 25.9 Å². The maximum Gasteiger partial charge on any atom is 0.336 e. The van der Waals surface area contributed by atoms with E-state index in [1.165, 1.54) is 6.42 Å². The minimum atomic E-state index is -0.975. The molecule has 1 rings (SSSR count). The van der Waals surface area contributed by atoms with E-state index in [-0.39, 0.29) is 6.23 Å². The highest BCUT2D eigenvalue weighted by atomic mass is 16.6. The summed E-state index contributed by atoms with van der Waals surface area (Å²) >= 11 is 0. The average Bonchev–Trinajstić information content (AvgIpc) is 2.29. The van der Waals surface area contributed by atoms with E-state index in [1.807, 2.05) is 6.92 Å². The van der Waals surface area contributed by atoms with Gasteiger partial charge in [0.15, 0.2) is 12.3 Å². The van der Waals surface area contributed by atoms with Crippen LogP contribution in [-0.4, -0.2) is 41.4 Å². The number of piperidine rings is 1. The Hall–Kier alpha value is -0.610. The van der Waals surface area contributed by atoms with Gasteiger partial charge in [-0.2, -0.15) is 0 Å². The first-order chi connectivity index (χ1) is 7.15. The fourth-order valence-electron chi connectivity index (χ4n) is 1.77. The lowest BCUT2D eigenvalue weighted by molar-refractivity contribution is -0.168. The molecule has 1 saturated heterocycles. The zero-order chi connectivity index (χ0) is 11.3. The van der Waals surface area contributed by atoms with Crippen molar-refractivity contribution in [2.24, 2.45) is 0 Å². The molecule has 2 unspecified atom stereocenters. The quantitative estimate of drug-likeness (QED) is 0.714. The third kappa shape index (κ3) is 3.80. The molecule has 15 heavy (non-hydrogen) atoms. The molecule has 1 heterocycles. The third-order valence-electron chi connectivity index (χ3n) is 2.85. The predicted octanol–water partition coefficient (Wildman–Crippen LogP) is 1.13. The molecule has 0 aliphatic carbocycles. The summed E-state index contributed by atoms with van der Waals surface area (Å²) in [5.74, 6) is -0.504. The first-order valence-corrected chi connectivity index (χ1v) is 5.77. The van der Waals surface area contributed by atoms with E-state index in [1.54, 1.807) is 6.92 Å². The molecule has 0 aromatic carbocycles. The molecule has 4 nitrogen and oxygen atoms in total. The molecule has 0 amide bonds. The first kappa shape index (κ1) is 12.5. The lowest BCUT2D eigenvalue weighted by atomic mass is 10.1. The van der Waals surface area contributed by atoms with Crippen LogP contribution in [0.3, 0.4) is 0 Å². The molecule has 1 N–H and O–H groups in total. The van der Waals surface area contributed by atoms with Crippen molar-refractivity contribution in [1.82, 2.24) is 4.90 Å². The second-order valence-corrected chi connectivity index (χ2v) is 4.06. The van der Waals surface area contributed by atoms with Gasteiger partial charge in [-0.1, -0.05) is 13.3 Å². The van der Waals surface area contributed by atoms with Crippen molar-refractivity contribution in [3.8, 4) is 0 Å². The highest BCUT2D eigenvalue weighted by Gasteiger charge is 2.22. The van der Waals surface area contributed by atoms with Crippen molar-refractivity contribution in [2.75, 3.05) is 13.1 Å². The molecule has 1 aliphatic heterocycles. The summed E-state index contributed by atoms with van der Waals surface area (Å²) in [5, 5.41) is 9.28. The number of carbonyl (C=O) groups excluding carboxylic acids is 1. The fourth-order valence-corrected chi connectivity index (χ4v) is 1.77. The maximum atomic E-state index is 11.3. The predicted molar refractivity (Wildman–Crippen MR) is 57.3 cm³/mol. The molecule has 0 bridgehead atoms. The van der Waals surface area contributed by atoms with E-state index >= 15 is 0 Å². The summed E-state index contributed by atoms with van der Waals surface area (Å²) in [7, 11) is 0. The number of aliphatic hydroxyl groups excluding tert-OH is 1. The van der Waals surface area contributed by atoms with Crippen LogP contribution < -0.4 is 0 Å². The molecular formula is C11H21NO3. The Morgan fingerprint density at radius 3 is 2.53 bits per heavy atom. The third-order valence-corrected chi connectivity index (χ3v) is 2.85. The van der Waals surface area contributed by atoms with E-state index in [2.05, 4.69) is 4.90 Å². The second kappa shape index (κ2) is 6.08. The van der Waals surface area contributed by atoms with Crippen LogP contribution in [0, 0.1) is 0 Å². The van der Waals surface area contributed by atoms with Crippen LogP contribution in [0.4, 0.5) is 0 Å². The zero-order valence-corrected chi connectivity index (χ0v) is 9.61. The highest BCUT2D eigenvalue weighted by Crippen LogP contribution is 2.13. The number of rotatable bonds is 4. The van der Waals surface area contributed by atoms with Crippen LogP contribution in [0.1, 0.15) is 39.5 Å². The van der Waals surface area contributed by atoms with Gasteiger partial charge in [-0.05, 0) is 26.2 Å². The van der Waals surface area contributed by atoms with Crippen molar-refractivity contribution >= 4 is 5.97 Å². The lowest BCUT2D eigenvalue weighted by Gasteiger charge is -2.31. The Balaban J connectivity index is 2.33. The molecule has 0 aromatic rings. The Morgan fingerprint density at radius 1 is 1.40 bits per heavy atom. The molecule has 1 aliphatic rings. The molecule has 0 radical (unpaired) electrons. The Kier molecular flexibility index (Phi) is 5.05. The van der Waals surface area contributed by atoms with Crippen LogP contribution in [-0.2, 0) is 9.53 Å². The summed E-state index contributed by atoms with van der Waals surface area (Å²) in [4.78, 5) is 13.5. The molecule has 0 spiro atoms. The summed E-state index contributed by atoms with van der Waals surface area (Å²) < 4.78 is 5.18. The first-order valence-electron chi connectivity index (χ1n) is 5.77. The van der Waals surface area contributed by atoms with Crippen molar-refractivity contribution in [2.45, 2.75) is 51.9 Å². The minimum Gasteiger partial charge on any atom is -0.445 e. The number of carbonyl (C=O) groups is 1. The smallest absolute Gasteiger partial charge is 0.336 e. The normalized spacial score (nSPS) is 22.1. The summed E-state index contributed by atoms with van der Waals surface area (Å²) in [5.41, 5.74) is 0. The lowest BCUT2D eigenvalue weighted by Crippen LogP contribution is -2.41. The number of ether oxygens (including phenoxy) is 1. The van der Waals surface area contributed by atoms with Gasteiger partial charge in [-0.25, -0.2) is 4.79 Å². The summed E-state index contributed by atoms with van der Waals surface area (Å²) in [6, 6.07) is 0. The van der Waals surface area contributed by atoms with Gasteiger partial charge in [0.05, 0.1) is 0 Å². The van der Waals surface area contributed by atoms with Crippen LogP contribution in [0.25, 0.3) is 0 Å². The fraction of sp³-hybridized carbons (Fsp3) is 0.909. The molecular weight excluding hydrogens is 194 g/mol. The second-order valence-electron chi connectivity index (χ2n) is 4.06. The summed E-state index contributed by atoms with van der Waals surface area (Å²) in [6.45, 7) is 5.59. The van der Waals surface area contributed by atoms with Crippen molar-refractivity contribution < 1.29 is 14.6 Å². The number of likely N-dealkylation sites (tertiary alicyclic amines) is 1. The maximum absolute atomic E-state index is 11.3. The standard InChI is InChI=1S/C11H21NO3/c1-3-10(13)11(14)15-9(2)12-7-5-4-6-8-12/h9-10,13H,3-8H2,1-2H3. The van der Waals surface area contributed by atoms with E-state index in [9.17, 15) is 9.90 Å². The van der Waals surface area contributed by atoms with Gasteiger partial charge in [0.1, 0.15) is 0 Å². The molecule has 0 aromatic heterocycles. The van der Waals surface area contributed by atoms with Gasteiger partial charge in [0.25, 0.3) is 0 Å². The topological polar surface area (TPSA) is 49.8 Å². The minimum absolute atomic E-state index is 0.209. The molecule has 0 saturated carbocycles. The monoisotopic (exact) mass is 215 g/mol. The van der Waals surface area contributed by atoms with E-state index < -0.39 is 12.1 Å². The van der Waals surface area contributed by atoms with Crippen molar-refractivity contribution in [3.05, 3.63) is 0 Å². The largest absolute Gasteiger partial charge is 0.445 e. The van der Waals surface area contributed by atoms with E-state index in [4.69, 9.17) is 4.74 Å². The SMILES string of the molecule is CCC(O)C(=O)OC(C)N1CCCCC1. The van der Waals surface area contributed by atoms with Crippen LogP contribution in [0.15, 0.2) is 0 Å². The Morgan fingerprint density at radius 2 is 2.00 bits per heavy atom. The van der Waals surface area contributed by atoms with E-state index in [0.29, 0.717) is 6.42 Å². The molecule has 88 valence electrons. The summed E-state index contributed by atoms with van der Waals surface area (Å²) in [6.07, 6.45) is 2.81. The molecule has 1 fully saturated rings. The number of hydrogen-bond acceptors (Lipinski definition) is 4. The Labute approximate surface area is 91.2 Å². The molecule has 4 heteroatoms. The van der Waals surface area contributed by atoms with Gasteiger partial charge in [-0.3, -0.25) is 4.90 Å². The average molecular weight is 215 g/mol. The molecule has 2 atom stereocenters. The van der Waals surface area contributed by atoms with Crippen LogP contribution in [0.2, 0.25) is 0 Å². The number of esters is 1. The van der Waals surface area contributed by atoms with Gasteiger partial charge < -0.3 is 9.84 Å². The van der Waals surface area contributed by atoms with Crippen molar-refractivity contribution in [3.63, 3.8) is 0 Å². The van der Waals surface area contributed by atoms with Gasteiger partial charge in [0.2, 0.25) is 0 Å². The van der Waals surface area contributed by atoms with Crippen LogP contribution >= 0.6 is 0 Å². The van der Waals surface area contributed by atoms with Crippen molar-refractivity contribution in [1.29, 1.82) is 0 Å². The number of hydrogen-bond donors (Lipinski definition) is 1. The van der Waals surface area contributed by atoms with Crippen LogP contribution in [0.5, 0.6) is 0 Å². The van der Waals surface area contributed by atoms with Gasteiger partial charge in [-0.15, -0.1) is 0 Å². The number of aliphatic hydroxyl groups is 1. The Bertz CT molecular complexity index is 202. The highest BCUT2D eigenvalue weighted by molar-refractivity contribution is 5.74. The van der Waals surface area contributed by atoms with Gasteiger partial charge >= 0.3 is 5.97 Å². The number of nitrogens with zero attached hydrogens (tertiary/aromatic N) is 1. The zero-order valence-electron chi connectivity index (χ0n) is 9.61. The van der Waals surface area contributed by atoms with Gasteiger partial charge in [0, 0.05) is 13.1 Å².